The smallest absolute Gasteiger partial charge is 0.407 e. The topological polar surface area (TPSA) is 106 Å². The number of halogens is 3. The summed E-state index contributed by atoms with van der Waals surface area (Å²) in [6.07, 6.45) is 2.93. The largest absolute Gasteiger partial charge is 0.448 e. The fourth-order valence-electron chi connectivity index (χ4n) is 2.98. The molecule has 0 saturated carbocycles. The quantitative estimate of drug-likeness (QED) is 0.288. The number of carbonyl (C=O) groups is 2. The molecule has 0 radical (unpaired) electrons. The number of carbonyl (C=O) groups excluding carboxylic acids is 2. The van der Waals surface area contributed by atoms with E-state index in [1.54, 1.807) is 6.07 Å². The molecule has 0 aliphatic rings. The molecule has 1 unspecified atom stereocenters. The Labute approximate surface area is 215 Å². The van der Waals surface area contributed by atoms with Gasteiger partial charge in [-0.15, -0.1) is 24.8 Å². The monoisotopic (exact) mass is 528 g/mol. The number of unbranched alkanes of at least 4 members (excludes halogenated alkanes) is 2. The number of nitrogens with zero attached hydrogens (tertiary/aromatic N) is 1. The van der Waals surface area contributed by atoms with Gasteiger partial charge < -0.3 is 25.8 Å². The van der Waals surface area contributed by atoms with E-state index in [9.17, 15) is 9.59 Å². The van der Waals surface area contributed by atoms with Crippen molar-refractivity contribution in [1.29, 1.82) is 0 Å². The molecule has 0 aromatic heterocycles. The van der Waals surface area contributed by atoms with Crippen LogP contribution in [-0.4, -0.2) is 63.0 Å². The summed E-state index contributed by atoms with van der Waals surface area (Å²) in [6, 6.07) is 7.33. The van der Waals surface area contributed by atoms with Crippen molar-refractivity contribution in [2.75, 3.05) is 45.9 Å². The van der Waals surface area contributed by atoms with Crippen LogP contribution in [0.4, 0.5) is 9.59 Å². The van der Waals surface area contributed by atoms with E-state index in [-0.39, 0.29) is 44.1 Å². The van der Waals surface area contributed by atoms with Crippen molar-refractivity contribution in [3.63, 3.8) is 0 Å². The fraction of sp³-hybridized carbons (Fsp3) is 0.636. The first-order chi connectivity index (χ1) is 15.0. The number of hydrogen-bond donors (Lipinski definition) is 3. The van der Waals surface area contributed by atoms with E-state index in [0.717, 1.165) is 31.2 Å². The average molecular weight is 530 g/mol. The first-order valence-corrected chi connectivity index (χ1v) is 11.4. The number of amides is 2. The summed E-state index contributed by atoms with van der Waals surface area (Å²) in [5.41, 5.74) is 7.01. The van der Waals surface area contributed by atoms with E-state index in [1.807, 2.05) is 23.1 Å². The van der Waals surface area contributed by atoms with Crippen molar-refractivity contribution in [3.05, 3.63) is 34.9 Å². The molecule has 0 spiro atoms. The molecule has 0 bridgehead atoms. The second-order valence-corrected chi connectivity index (χ2v) is 7.61. The van der Waals surface area contributed by atoms with Crippen LogP contribution in [0, 0.1) is 0 Å². The van der Waals surface area contributed by atoms with Gasteiger partial charge in [-0.1, -0.05) is 50.4 Å². The second-order valence-electron chi connectivity index (χ2n) is 7.17. The summed E-state index contributed by atoms with van der Waals surface area (Å²) in [6.45, 7) is 6.90. The summed E-state index contributed by atoms with van der Waals surface area (Å²) in [5.74, 6) is 0. The molecule has 0 aliphatic carbocycles. The van der Waals surface area contributed by atoms with E-state index < -0.39 is 12.2 Å². The number of benzene rings is 1. The maximum absolute atomic E-state index is 11.8. The Hall–Kier alpha value is -1.45. The zero-order chi connectivity index (χ0) is 22.9. The average Bonchev–Trinajstić information content (AvgIpc) is 2.74. The normalized spacial score (nSPS) is 11.1. The standard InChI is InChI=1S/C22H37ClN4O4.2ClH/c1-3-5-10-25-21(28)30-14-12-27(13-15-31-22(29)26-11-6-4-2)20(17-24)18-8-7-9-19(23)16-18;;/h7-9,16,20H,3-6,10-15,17,24H2,1-2H3,(H,25,28)(H,26,29);2*1H. The molecular weight excluding hydrogens is 491 g/mol. The Kier molecular flexibility index (Phi) is 21.6. The van der Waals surface area contributed by atoms with Gasteiger partial charge in [0.1, 0.15) is 13.2 Å². The number of hydrogen-bond acceptors (Lipinski definition) is 6. The lowest BCUT2D eigenvalue weighted by molar-refractivity contribution is 0.0888. The summed E-state index contributed by atoms with van der Waals surface area (Å²) in [7, 11) is 0. The summed E-state index contributed by atoms with van der Waals surface area (Å²) < 4.78 is 10.6. The Balaban J connectivity index is 0. The van der Waals surface area contributed by atoms with Crippen LogP contribution in [0.3, 0.4) is 0 Å². The zero-order valence-corrected chi connectivity index (χ0v) is 21.9. The van der Waals surface area contributed by atoms with Gasteiger partial charge in [-0.2, -0.15) is 0 Å². The lowest BCUT2D eigenvalue weighted by atomic mass is 10.1. The highest BCUT2D eigenvalue weighted by atomic mass is 35.5. The first kappa shape index (κ1) is 33.7. The zero-order valence-electron chi connectivity index (χ0n) is 19.5. The van der Waals surface area contributed by atoms with Crippen LogP contribution in [0.1, 0.15) is 51.1 Å². The van der Waals surface area contributed by atoms with E-state index in [0.29, 0.717) is 37.7 Å². The molecule has 4 N–H and O–H groups in total. The van der Waals surface area contributed by atoms with Crippen molar-refractivity contribution in [3.8, 4) is 0 Å². The Morgan fingerprint density at radius 2 is 1.52 bits per heavy atom. The van der Waals surface area contributed by atoms with Crippen LogP contribution in [0.15, 0.2) is 24.3 Å². The van der Waals surface area contributed by atoms with E-state index in [2.05, 4.69) is 24.5 Å². The van der Waals surface area contributed by atoms with Gasteiger partial charge >= 0.3 is 12.2 Å². The molecule has 0 saturated heterocycles. The van der Waals surface area contributed by atoms with Gasteiger partial charge in [0.25, 0.3) is 0 Å². The van der Waals surface area contributed by atoms with Gasteiger partial charge in [-0.25, -0.2) is 9.59 Å². The fourth-order valence-corrected chi connectivity index (χ4v) is 3.18. The lowest BCUT2D eigenvalue weighted by Crippen LogP contribution is -2.40. The molecule has 33 heavy (non-hydrogen) atoms. The third kappa shape index (κ3) is 15.1. The van der Waals surface area contributed by atoms with Gasteiger partial charge in [0.15, 0.2) is 0 Å². The molecule has 0 fully saturated rings. The minimum Gasteiger partial charge on any atom is -0.448 e. The van der Waals surface area contributed by atoms with Gasteiger partial charge in [0.2, 0.25) is 0 Å². The van der Waals surface area contributed by atoms with Gasteiger partial charge in [-0.3, -0.25) is 4.90 Å². The molecule has 1 atom stereocenters. The van der Waals surface area contributed by atoms with Crippen LogP contribution >= 0.6 is 36.4 Å². The predicted molar refractivity (Wildman–Crippen MR) is 138 cm³/mol. The highest BCUT2D eigenvalue weighted by Crippen LogP contribution is 2.22. The minimum atomic E-state index is -0.438. The number of ether oxygens (including phenoxy) is 2. The van der Waals surface area contributed by atoms with Crippen molar-refractivity contribution < 1.29 is 19.1 Å². The summed E-state index contributed by atoms with van der Waals surface area (Å²) >= 11 is 6.15. The Bertz CT molecular complexity index is 628. The van der Waals surface area contributed by atoms with Gasteiger partial charge in [-0.05, 0) is 30.5 Å². The van der Waals surface area contributed by atoms with E-state index in [4.69, 9.17) is 26.8 Å². The molecule has 1 rings (SSSR count). The number of rotatable bonds is 15. The first-order valence-electron chi connectivity index (χ1n) is 11.0. The number of nitrogens with one attached hydrogen (secondary N) is 2. The van der Waals surface area contributed by atoms with Gasteiger partial charge in [0, 0.05) is 43.8 Å². The SMILES string of the molecule is CCCCNC(=O)OCCN(CCOC(=O)NCCCC)C(CN)c1cccc(Cl)c1.Cl.Cl. The molecule has 8 nitrogen and oxygen atoms in total. The van der Waals surface area contributed by atoms with Crippen LogP contribution in [-0.2, 0) is 9.47 Å². The maximum atomic E-state index is 11.8. The van der Waals surface area contributed by atoms with Crippen molar-refractivity contribution in [1.82, 2.24) is 15.5 Å². The molecule has 11 heteroatoms. The van der Waals surface area contributed by atoms with E-state index in [1.165, 1.54) is 0 Å². The lowest BCUT2D eigenvalue weighted by Gasteiger charge is -2.31. The molecule has 0 aliphatic heterocycles. The number of nitrogens with two attached hydrogens (primary N) is 1. The third-order valence-corrected chi connectivity index (χ3v) is 4.96. The van der Waals surface area contributed by atoms with Crippen LogP contribution in [0.2, 0.25) is 5.02 Å². The Morgan fingerprint density at radius 1 is 1.00 bits per heavy atom. The molecule has 1 aromatic carbocycles. The molecule has 1 aromatic rings. The van der Waals surface area contributed by atoms with Crippen molar-refractivity contribution in [2.24, 2.45) is 5.73 Å². The predicted octanol–water partition coefficient (Wildman–Crippen LogP) is 4.54. The molecule has 0 heterocycles. The van der Waals surface area contributed by atoms with Crippen molar-refractivity contribution >= 4 is 48.6 Å². The molecular formula is C22H39Cl3N4O4. The van der Waals surface area contributed by atoms with Crippen LogP contribution < -0.4 is 16.4 Å². The molecule has 2 amide bonds. The number of alkyl carbamates (subject to hydrolysis) is 2. The highest BCUT2D eigenvalue weighted by Gasteiger charge is 2.20. The van der Waals surface area contributed by atoms with E-state index >= 15 is 0 Å². The van der Waals surface area contributed by atoms with Crippen LogP contribution in [0.25, 0.3) is 0 Å². The van der Waals surface area contributed by atoms with Gasteiger partial charge in [0.05, 0.1) is 0 Å². The second kappa shape index (κ2) is 21.1. The third-order valence-electron chi connectivity index (χ3n) is 4.72. The summed E-state index contributed by atoms with van der Waals surface area (Å²) in [4.78, 5) is 25.7. The Morgan fingerprint density at radius 3 is 1.94 bits per heavy atom. The van der Waals surface area contributed by atoms with Crippen molar-refractivity contribution in [2.45, 2.75) is 45.6 Å². The van der Waals surface area contributed by atoms with Crippen LogP contribution in [0.5, 0.6) is 0 Å². The highest BCUT2D eigenvalue weighted by molar-refractivity contribution is 6.30. The molecule has 192 valence electrons. The summed E-state index contributed by atoms with van der Waals surface area (Å²) in [5, 5.41) is 6.06. The minimum absolute atomic E-state index is 0. The maximum Gasteiger partial charge on any atom is 0.407 e.